The highest BCUT2D eigenvalue weighted by Gasteiger charge is 2.11. The van der Waals surface area contributed by atoms with Gasteiger partial charge in [0.1, 0.15) is 0 Å². The molecule has 0 bridgehead atoms. The smallest absolute Gasteiger partial charge is 0.313 e. The average molecular weight is 242 g/mol. The van der Waals surface area contributed by atoms with Crippen LogP contribution in [0.4, 0.5) is 0 Å². The summed E-state index contributed by atoms with van der Waals surface area (Å²) >= 11 is 0. The largest absolute Gasteiger partial charge is 0.332 e. The fourth-order valence-corrected chi connectivity index (χ4v) is 2.11. The number of benzene rings is 1. The summed E-state index contributed by atoms with van der Waals surface area (Å²) in [6.45, 7) is 7.70. The molecule has 0 fully saturated rings. The minimum Gasteiger partial charge on any atom is -0.313 e. The van der Waals surface area contributed by atoms with Crippen LogP contribution >= 0.6 is 8.60 Å². The van der Waals surface area contributed by atoms with E-state index in [9.17, 15) is 0 Å². The maximum atomic E-state index is 5.61. The van der Waals surface area contributed by atoms with E-state index in [1.165, 1.54) is 11.1 Å². The molecule has 0 aromatic heterocycles. The van der Waals surface area contributed by atoms with Gasteiger partial charge in [-0.3, -0.25) is 0 Å². The third-order valence-electron chi connectivity index (χ3n) is 2.06. The van der Waals surface area contributed by atoms with E-state index >= 15 is 0 Å². The van der Waals surface area contributed by atoms with Gasteiger partial charge in [-0.1, -0.05) is 24.3 Å². The van der Waals surface area contributed by atoms with Crippen molar-refractivity contribution in [3.63, 3.8) is 0 Å². The molecule has 0 aliphatic carbocycles. The van der Waals surface area contributed by atoms with Crippen molar-refractivity contribution in [2.24, 2.45) is 0 Å². The van der Waals surface area contributed by atoms with Crippen LogP contribution in [-0.2, 0) is 20.2 Å². The van der Waals surface area contributed by atoms with Crippen molar-refractivity contribution in [1.29, 1.82) is 0 Å². The molecule has 16 heavy (non-hydrogen) atoms. The fourth-order valence-electron chi connectivity index (χ4n) is 1.22. The molecule has 0 aliphatic rings. The van der Waals surface area contributed by atoms with Gasteiger partial charge < -0.3 is 13.6 Å². The van der Waals surface area contributed by atoms with Crippen LogP contribution in [-0.4, -0.2) is 13.2 Å². The van der Waals surface area contributed by atoms with Gasteiger partial charge in [-0.05, 0) is 31.9 Å². The topological polar surface area (TPSA) is 27.7 Å². The molecule has 0 saturated carbocycles. The highest BCUT2D eigenvalue weighted by Crippen LogP contribution is 2.40. The molecule has 0 amide bonds. The normalized spacial score (nSPS) is 11.0. The molecule has 90 valence electrons. The predicted molar refractivity (Wildman–Crippen MR) is 66.1 cm³/mol. The molecule has 0 heterocycles. The van der Waals surface area contributed by atoms with E-state index in [2.05, 4.69) is 19.1 Å². The second kappa shape index (κ2) is 7.75. The maximum absolute atomic E-state index is 5.61. The van der Waals surface area contributed by atoms with Crippen molar-refractivity contribution in [3.05, 3.63) is 35.4 Å². The lowest BCUT2D eigenvalue weighted by Gasteiger charge is -2.15. The van der Waals surface area contributed by atoms with Crippen LogP contribution < -0.4 is 0 Å². The highest BCUT2D eigenvalue weighted by atomic mass is 31.2. The molecule has 3 nitrogen and oxygen atoms in total. The summed E-state index contributed by atoms with van der Waals surface area (Å²) in [4.78, 5) is 0. The Bertz CT molecular complexity index is 298. The third kappa shape index (κ3) is 4.58. The van der Waals surface area contributed by atoms with E-state index in [-0.39, 0.29) is 0 Å². The van der Waals surface area contributed by atoms with Gasteiger partial charge in [-0.25, -0.2) is 0 Å². The Hall–Kier alpha value is -0.470. The van der Waals surface area contributed by atoms with Gasteiger partial charge >= 0.3 is 8.60 Å². The summed E-state index contributed by atoms with van der Waals surface area (Å²) < 4.78 is 16.3. The summed E-state index contributed by atoms with van der Waals surface area (Å²) in [5, 5.41) is 0. The Morgan fingerprint density at radius 2 is 1.62 bits per heavy atom. The van der Waals surface area contributed by atoms with Crippen molar-refractivity contribution in [3.8, 4) is 0 Å². The van der Waals surface area contributed by atoms with E-state index in [0.717, 1.165) is 0 Å². The molecule has 0 saturated heterocycles. The molecular formula is C12H19O3P. The van der Waals surface area contributed by atoms with Crippen molar-refractivity contribution in [2.45, 2.75) is 27.4 Å². The number of rotatable bonds is 7. The summed E-state index contributed by atoms with van der Waals surface area (Å²) in [6, 6.07) is 8.16. The van der Waals surface area contributed by atoms with Crippen LogP contribution in [0.3, 0.4) is 0 Å². The lowest BCUT2D eigenvalue weighted by Crippen LogP contribution is -1.97. The molecular weight excluding hydrogens is 223 g/mol. The van der Waals surface area contributed by atoms with Gasteiger partial charge in [0.25, 0.3) is 0 Å². The molecule has 0 radical (unpaired) electrons. The zero-order valence-electron chi connectivity index (χ0n) is 10.1. The number of hydrogen-bond donors (Lipinski definition) is 0. The third-order valence-corrected chi connectivity index (χ3v) is 3.33. The van der Waals surface area contributed by atoms with Crippen molar-refractivity contribution in [1.82, 2.24) is 0 Å². The zero-order valence-corrected chi connectivity index (χ0v) is 11.0. The summed E-state index contributed by atoms with van der Waals surface area (Å²) in [6.07, 6.45) is 0. The molecule has 0 aliphatic heterocycles. The van der Waals surface area contributed by atoms with Crippen LogP contribution in [0.1, 0.15) is 25.0 Å². The second-order valence-corrected chi connectivity index (χ2v) is 4.48. The zero-order chi connectivity index (χ0) is 11.8. The van der Waals surface area contributed by atoms with Crippen LogP contribution in [0.15, 0.2) is 24.3 Å². The van der Waals surface area contributed by atoms with Crippen molar-refractivity contribution in [2.75, 3.05) is 13.2 Å². The second-order valence-electron chi connectivity index (χ2n) is 3.26. The summed E-state index contributed by atoms with van der Waals surface area (Å²) in [5.41, 5.74) is 2.40. The SMILES string of the molecule is CCOP(OCC)OCc1ccccc1C. The first-order valence-corrected chi connectivity index (χ1v) is 6.60. The molecule has 1 aromatic rings. The highest BCUT2D eigenvalue weighted by molar-refractivity contribution is 7.41. The predicted octanol–water partition coefficient (Wildman–Crippen LogP) is 3.81. The monoisotopic (exact) mass is 242 g/mol. The fraction of sp³-hybridized carbons (Fsp3) is 0.500. The Kier molecular flexibility index (Phi) is 6.58. The van der Waals surface area contributed by atoms with E-state index in [1.54, 1.807) is 0 Å². The quantitative estimate of drug-likeness (QED) is 0.680. The minimum absolute atomic E-state index is 0.540. The van der Waals surface area contributed by atoms with E-state index in [0.29, 0.717) is 19.8 Å². The van der Waals surface area contributed by atoms with Crippen LogP contribution in [0.2, 0.25) is 0 Å². The first-order chi connectivity index (χ1) is 7.77. The van der Waals surface area contributed by atoms with Crippen LogP contribution in [0.25, 0.3) is 0 Å². The van der Waals surface area contributed by atoms with Gasteiger partial charge in [0.15, 0.2) is 0 Å². The molecule has 1 rings (SSSR count). The van der Waals surface area contributed by atoms with Crippen LogP contribution in [0, 0.1) is 6.92 Å². The van der Waals surface area contributed by atoms with Crippen LogP contribution in [0.5, 0.6) is 0 Å². The van der Waals surface area contributed by atoms with Gasteiger partial charge in [-0.2, -0.15) is 0 Å². The minimum atomic E-state index is -1.20. The van der Waals surface area contributed by atoms with E-state index < -0.39 is 8.60 Å². The summed E-state index contributed by atoms with van der Waals surface area (Å²) in [7, 11) is -1.20. The lowest BCUT2D eigenvalue weighted by atomic mass is 10.1. The van der Waals surface area contributed by atoms with Gasteiger partial charge in [0.05, 0.1) is 19.8 Å². The van der Waals surface area contributed by atoms with E-state index in [4.69, 9.17) is 13.6 Å². The van der Waals surface area contributed by atoms with Gasteiger partial charge in [-0.15, -0.1) is 0 Å². The Morgan fingerprint density at radius 3 is 2.19 bits per heavy atom. The standard InChI is InChI=1S/C12H19O3P/c1-4-13-16(14-5-2)15-10-12-9-7-6-8-11(12)3/h6-9H,4-5,10H2,1-3H3. The average Bonchev–Trinajstić information content (AvgIpc) is 2.28. The van der Waals surface area contributed by atoms with Crippen molar-refractivity contribution >= 4 is 8.60 Å². The molecule has 0 unspecified atom stereocenters. The molecule has 4 heteroatoms. The molecule has 0 N–H and O–H groups in total. The maximum Gasteiger partial charge on any atom is 0.332 e. The first kappa shape index (κ1) is 13.6. The van der Waals surface area contributed by atoms with Gasteiger partial charge in [0, 0.05) is 0 Å². The lowest BCUT2D eigenvalue weighted by molar-refractivity contribution is 0.164. The number of aryl methyl sites for hydroxylation is 1. The van der Waals surface area contributed by atoms with E-state index in [1.807, 2.05) is 26.0 Å². The number of hydrogen-bond acceptors (Lipinski definition) is 3. The Balaban J connectivity index is 2.45. The molecule has 0 spiro atoms. The van der Waals surface area contributed by atoms with Crippen molar-refractivity contribution < 1.29 is 13.6 Å². The first-order valence-electron chi connectivity index (χ1n) is 5.51. The Morgan fingerprint density at radius 1 is 1.00 bits per heavy atom. The molecule has 0 atom stereocenters. The molecule has 1 aromatic carbocycles. The van der Waals surface area contributed by atoms with Gasteiger partial charge in [0.2, 0.25) is 0 Å². The Labute approximate surface area is 98.7 Å². The summed E-state index contributed by atoms with van der Waals surface area (Å²) in [5.74, 6) is 0.